The molecule has 0 aliphatic carbocycles. The van der Waals surface area contributed by atoms with Crippen molar-refractivity contribution in [2.24, 2.45) is 5.92 Å². The van der Waals surface area contributed by atoms with Gasteiger partial charge in [-0.3, -0.25) is 9.59 Å². The van der Waals surface area contributed by atoms with Crippen molar-refractivity contribution in [1.29, 1.82) is 0 Å². The molecule has 0 saturated heterocycles. The van der Waals surface area contributed by atoms with Crippen molar-refractivity contribution < 1.29 is 9.59 Å². The molecule has 0 aliphatic heterocycles. The lowest BCUT2D eigenvalue weighted by atomic mass is 10.2. The Morgan fingerprint density at radius 1 is 1.32 bits per heavy atom. The molecule has 3 rings (SSSR count). The third-order valence-electron chi connectivity index (χ3n) is 3.58. The van der Waals surface area contributed by atoms with E-state index in [-0.39, 0.29) is 16.9 Å². The van der Waals surface area contributed by atoms with Crippen LogP contribution in [0.5, 0.6) is 0 Å². The van der Waals surface area contributed by atoms with Crippen LogP contribution in [0.2, 0.25) is 0 Å². The minimum absolute atomic E-state index is 0.00697. The van der Waals surface area contributed by atoms with E-state index in [0.29, 0.717) is 18.1 Å². The molecule has 25 heavy (non-hydrogen) atoms. The molecule has 1 atom stereocenters. The molecule has 0 bridgehead atoms. The quantitative estimate of drug-likeness (QED) is 0.724. The number of rotatable bonds is 6. The summed E-state index contributed by atoms with van der Waals surface area (Å²) in [5, 5.41) is 15.3. The fraction of sp³-hybridized carbons (Fsp3) is 0.312. The number of para-hydroxylation sites is 1. The van der Waals surface area contributed by atoms with Crippen molar-refractivity contribution in [2.45, 2.75) is 20.5 Å². The third kappa shape index (κ3) is 4.24. The summed E-state index contributed by atoms with van der Waals surface area (Å²) in [6.45, 7) is 3.68. The Labute approximate surface area is 148 Å². The van der Waals surface area contributed by atoms with Crippen LogP contribution in [0, 0.1) is 5.92 Å². The van der Waals surface area contributed by atoms with Gasteiger partial charge in [0.05, 0.1) is 23.6 Å². The van der Waals surface area contributed by atoms with E-state index in [1.54, 1.807) is 28.7 Å². The first kappa shape index (κ1) is 17.2. The summed E-state index contributed by atoms with van der Waals surface area (Å²) >= 11 is 1.15. The second kappa shape index (κ2) is 7.47. The number of nitrogens with one attached hydrogen (secondary N) is 1. The number of thioether (sulfide) groups is 1. The number of nitrogens with zero attached hydrogens (tertiary/aromatic N) is 5. The lowest BCUT2D eigenvalue weighted by molar-refractivity contribution is -0.118. The van der Waals surface area contributed by atoms with E-state index in [4.69, 9.17) is 0 Å². The smallest absolute Gasteiger partial charge is 0.228 e. The van der Waals surface area contributed by atoms with Gasteiger partial charge >= 0.3 is 0 Å². The molecule has 0 saturated carbocycles. The summed E-state index contributed by atoms with van der Waals surface area (Å²) in [5.41, 5.74) is 2.34. The average molecular weight is 358 g/mol. The lowest BCUT2D eigenvalue weighted by Crippen LogP contribution is -2.22. The number of carbonyl (C=O) groups is 2. The predicted octanol–water partition coefficient (Wildman–Crippen LogP) is 1.99. The maximum absolute atomic E-state index is 12.1. The van der Waals surface area contributed by atoms with Gasteiger partial charge in [0, 0.05) is 18.6 Å². The van der Waals surface area contributed by atoms with Crippen LogP contribution in [0.1, 0.15) is 13.8 Å². The summed E-state index contributed by atoms with van der Waals surface area (Å²) < 4.78 is 3.41. The Balaban J connectivity index is 1.62. The highest BCUT2D eigenvalue weighted by atomic mass is 32.2. The molecule has 0 radical (unpaired) electrons. The molecule has 1 N–H and O–H groups in total. The third-order valence-corrected chi connectivity index (χ3v) is 4.66. The highest BCUT2D eigenvalue weighted by molar-refractivity contribution is 8.13. The first-order valence-electron chi connectivity index (χ1n) is 7.78. The maximum Gasteiger partial charge on any atom is 0.228 e. The number of amides is 1. The van der Waals surface area contributed by atoms with Crippen molar-refractivity contribution in [3.05, 3.63) is 36.7 Å². The first-order chi connectivity index (χ1) is 12.0. The number of aromatic nitrogens is 5. The van der Waals surface area contributed by atoms with Gasteiger partial charge in [-0.1, -0.05) is 36.0 Å². The summed E-state index contributed by atoms with van der Waals surface area (Å²) in [6, 6.07) is 7.68. The Kier molecular flexibility index (Phi) is 5.13. The van der Waals surface area contributed by atoms with E-state index in [2.05, 4.69) is 20.7 Å². The van der Waals surface area contributed by atoms with Crippen LogP contribution < -0.4 is 5.32 Å². The SMILES string of the molecule is CC(=O)SC[C@H](C)C(=O)Nc1cnn(Cn2nnc3ccccc32)c1. The number of anilines is 1. The highest BCUT2D eigenvalue weighted by Gasteiger charge is 2.15. The standard InChI is InChI=1S/C16H18N6O2S/c1-11(9-25-12(2)23)16(24)18-13-7-17-21(8-13)10-22-15-6-4-3-5-14(15)19-20-22/h3-8,11H,9-10H2,1-2H3,(H,18,24)/t11-/m0/s1. The molecule has 2 aromatic heterocycles. The zero-order valence-corrected chi connectivity index (χ0v) is 14.7. The van der Waals surface area contributed by atoms with Gasteiger partial charge in [-0.05, 0) is 12.1 Å². The monoisotopic (exact) mass is 358 g/mol. The zero-order chi connectivity index (χ0) is 17.8. The molecule has 130 valence electrons. The molecule has 0 unspecified atom stereocenters. The van der Waals surface area contributed by atoms with Gasteiger partial charge in [-0.15, -0.1) is 5.10 Å². The van der Waals surface area contributed by atoms with E-state index in [1.807, 2.05) is 24.3 Å². The lowest BCUT2D eigenvalue weighted by Gasteiger charge is -2.09. The van der Waals surface area contributed by atoms with Crippen LogP contribution >= 0.6 is 11.8 Å². The van der Waals surface area contributed by atoms with Crippen molar-refractivity contribution in [2.75, 3.05) is 11.1 Å². The van der Waals surface area contributed by atoms with E-state index in [9.17, 15) is 9.59 Å². The zero-order valence-electron chi connectivity index (χ0n) is 13.9. The van der Waals surface area contributed by atoms with Gasteiger partial charge < -0.3 is 5.32 Å². The van der Waals surface area contributed by atoms with E-state index >= 15 is 0 Å². The average Bonchev–Trinajstić information content (AvgIpc) is 3.20. The summed E-state index contributed by atoms with van der Waals surface area (Å²) in [7, 11) is 0. The fourth-order valence-corrected chi connectivity index (χ4v) is 2.88. The molecule has 8 nitrogen and oxygen atoms in total. The molecule has 0 spiro atoms. The molecular formula is C16H18N6O2S. The number of hydrogen-bond acceptors (Lipinski definition) is 6. The van der Waals surface area contributed by atoms with Crippen LogP contribution in [0.3, 0.4) is 0 Å². The first-order valence-corrected chi connectivity index (χ1v) is 8.76. The molecule has 9 heteroatoms. The largest absolute Gasteiger partial charge is 0.323 e. The maximum atomic E-state index is 12.1. The summed E-state index contributed by atoms with van der Waals surface area (Å²) in [5.74, 6) is 0.0521. The molecule has 2 heterocycles. The Hall–Kier alpha value is -2.68. The van der Waals surface area contributed by atoms with Gasteiger partial charge in [0.1, 0.15) is 12.2 Å². The predicted molar refractivity (Wildman–Crippen MR) is 96.1 cm³/mol. The molecule has 0 fully saturated rings. The number of carbonyl (C=O) groups excluding carboxylic acids is 2. The normalized spacial score (nSPS) is 12.2. The highest BCUT2D eigenvalue weighted by Crippen LogP contribution is 2.14. The minimum atomic E-state index is -0.267. The fourth-order valence-electron chi connectivity index (χ4n) is 2.25. The number of benzene rings is 1. The molecule has 1 amide bonds. The van der Waals surface area contributed by atoms with Crippen LogP contribution in [0.4, 0.5) is 5.69 Å². The van der Waals surface area contributed by atoms with Crippen LogP contribution in [0.25, 0.3) is 11.0 Å². The van der Waals surface area contributed by atoms with Gasteiger partial charge in [-0.2, -0.15) is 5.10 Å². The van der Waals surface area contributed by atoms with E-state index in [0.717, 1.165) is 22.8 Å². The van der Waals surface area contributed by atoms with Crippen molar-refractivity contribution >= 4 is 39.5 Å². The van der Waals surface area contributed by atoms with Gasteiger partial charge in [-0.25, -0.2) is 9.36 Å². The number of fused-ring (bicyclic) bond motifs is 1. The van der Waals surface area contributed by atoms with Gasteiger partial charge in [0.25, 0.3) is 0 Å². The van der Waals surface area contributed by atoms with Crippen molar-refractivity contribution in [1.82, 2.24) is 24.8 Å². The minimum Gasteiger partial charge on any atom is -0.323 e. The molecular weight excluding hydrogens is 340 g/mol. The summed E-state index contributed by atoms with van der Waals surface area (Å²) in [6.07, 6.45) is 3.32. The van der Waals surface area contributed by atoms with Crippen molar-refractivity contribution in [3.8, 4) is 0 Å². The van der Waals surface area contributed by atoms with E-state index in [1.165, 1.54) is 6.92 Å². The topological polar surface area (TPSA) is 94.7 Å². The molecule has 3 aromatic rings. The summed E-state index contributed by atoms with van der Waals surface area (Å²) in [4.78, 5) is 23.1. The Bertz CT molecular complexity index is 903. The van der Waals surface area contributed by atoms with Crippen LogP contribution in [-0.4, -0.2) is 41.5 Å². The second-order valence-electron chi connectivity index (χ2n) is 5.68. The van der Waals surface area contributed by atoms with Gasteiger partial charge in [0.15, 0.2) is 5.12 Å². The Morgan fingerprint density at radius 2 is 2.12 bits per heavy atom. The number of hydrogen-bond donors (Lipinski definition) is 1. The van der Waals surface area contributed by atoms with Crippen molar-refractivity contribution in [3.63, 3.8) is 0 Å². The Morgan fingerprint density at radius 3 is 2.92 bits per heavy atom. The molecule has 1 aromatic carbocycles. The van der Waals surface area contributed by atoms with Gasteiger partial charge in [0.2, 0.25) is 5.91 Å². The second-order valence-corrected chi connectivity index (χ2v) is 6.88. The van der Waals surface area contributed by atoms with Crippen LogP contribution in [0.15, 0.2) is 36.7 Å². The van der Waals surface area contributed by atoms with E-state index < -0.39 is 0 Å². The molecule has 0 aliphatic rings. The van der Waals surface area contributed by atoms with Crippen LogP contribution in [-0.2, 0) is 16.3 Å².